The number of carboxylic acid groups (broad SMARTS) is 1. The molecule has 12 heavy (non-hydrogen) atoms. The Morgan fingerprint density at radius 1 is 1.42 bits per heavy atom. The Kier molecular flexibility index (Phi) is 5.28. The number of hydrogen-bond acceptors (Lipinski definition) is 3. The van der Waals surface area contributed by atoms with Gasteiger partial charge in [0.2, 0.25) is 0 Å². The molecule has 0 saturated carbocycles. The largest absolute Gasteiger partial charge is 0.480 e. The van der Waals surface area contributed by atoms with Crippen molar-refractivity contribution in [1.82, 2.24) is 0 Å². The number of carboxylic acids is 1. The predicted molar refractivity (Wildman–Crippen MR) is 44.8 cm³/mol. The van der Waals surface area contributed by atoms with E-state index in [0.717, 1.165) is 6.42 Å². The number of rotatable bonds is 6. The number of aliphatic carboxylic acids is 1. The van der Waals surface area contributed by atoms with Gasteiger partial charge in [0.15, 0.2) is 0 Å². The van der Waals surface area contributed by atoms with Gasteiger partial charge in [0.25, 0.3) is 0 Å². The number of carbonyl (C=O) groups is 2. The van der Waals surface area contributed by atoms with Crippen LogP contribution in [0.1, 0.15) is 32.6 Å². The van der Waals surface area contributed by atoms with Gasteiger partial charge in [-0.05, 0) is 12.8 Å². The van der Waals surface area contributed by atoms with Gasteiger partial charge in [-0.15, -0.1) is 0 Å². The van der Waals surface area contributed by atoms with Gasteiger partial charge in [0.05, 0.1) is 0 Å². The second-order valence-corrected chi connectivity index (χ2v) is 2.77. The molecule has 1 atom stereocenters. The van der Waals surface area contributed by atoms with Crippen LogP contribution in [0, 0.1) is 0 Å². The molecule has 0 fully saturated rings. The summed E-state index contributed by atoms with van der Waals surface area (Å²) >= 11 is 0. The molecule has 0 saturated heterocycles. The van der Waals surface area contributed by atoms with Crippen LogP contribution >= 0.6 is 0 Å². The maximum absolute atomic E-state index is 10.9. The van der Waals surface area contributed by atoms with Crippen molar-refractivity contribution in [3.8, 4) is 0 Å². The van der Waals surface area contributed by atoms with Gasteiger partial charge in [0, 0.05) is 12.8 Å². The lowest BCUT2D eigenvalue weighted by atomic mass is 10.1. The highest BCUT2D eigenvalue weighted by Crippen LogP contribution is 2.00. The maximum atomic E-state index is 10.9. The molecule has 0 radical (unpaired) electrons. The van der Waals surface area contributed by atoms with Crippen LogP contribution in [0.15, 0.2) is 0 Å². The molecule has 3 N–H and O–H groups in total. The zero-order valence-electron chi connectivity index (χ0n) is 7.25. The average molecular weight is 173 g/mol. The molecule has 0 aromatic heterocycles. The molecule has 0 aromatic carbocycles. The molecule has 0 amide bonds. The molecule has 0 spiro atoms. The van der Waals surface area contributed by atoms with Crippen molar-refractivity contribution in [1.29, 1.82) is 0 Å². The van der Waals surface area contributed by atoms with Crippen LogP contribution in [0.4, 0.5) is 0 Å². The molecule has 0 aromatic rings. The highest BCUT2D eigenvalue weighted by Gasteiger charge is 2.12. The molecular weight excluding hydrogens is 158 g/mol. The van der Waals surface area contributed by atoms with Crippen LogP contribution in [0.5, 0.6) is 0 Å². The molecule has 0 bridgehead atoms. The lowest BCUT2D eigenvalue weighted by Crippen LogP contribution is -2.30. The van der Waals surface area contributed by atoms with Gasteiger partial charge in [-0.1, -0.05) is 6.92 Å². The lowest BCUT2D eigenvalue weighted by Gasteiger charge is -2.03. The fraction of sp³-hybridized carbons (Fsp3) is 0.750. The molecule has 4 nitrogen and oxygen atoms in total. The van der Waals surface area contributed by atoms with Crippen molar-refractivity contribution in [2.75, 3.05) is 0 Å². The molecule has 0 aliphatic rings. The molecular formula is C8H15NO3. The quantitative estimate of drug-likeness (QED) is 0.614. The van der Waals surface area contributed by atoms with Crippen molar-refractivity contribution in [2.45, 2.75) is 38.6 Å². The van der Waals surface area contributed by atoms with E-state index < -0.39 is 12.0 Å². The van der Waals surface area contributed by atoms with Crippen LogP contribution < -0.4 is 5.73 Å². The molecule has 4 heteroatoms. The molecule has 70 valence electrons. The van der Waals surface area contributed by atoms with E-state index in [1.165, 1.54) is 0 Å². The standard InChI is InChI=1S/C8H15NO3/c1-2-3-6(10)4-5-7(9)8(11)12/h7H,2-5,9H2,1H3,(H,11,12). The van der Waals surface area contributed by atoms with Crippen LogP contribution in [-0.4, -0.2) is 22.9 Å². The van der Waals surface area contributed by atoms with E-state index >= 15 is 0 Å². The fourth-order valence-electron chi connectivity index (χ4n) is 0.844. The van der Waals surface area contributed by atoms with E-state index in [9.17, 15) is 9.59 Å². The summed E-state index contributed by atoms with van der Waals surface area (Å²) in [5.41, 5.74) is 5.21. The Labute approximate surface area is 71.8 Å². The van der Waals surface area contributed by atoms with Crippen molar-refractivity contribution in [3.63, 3.8) is 0 Å². The number of Topliss-reactive ketones (excluding diaryl/α,β-unsaturated/α-hetero) is 1. The van der Waals surface area contributed by atoms with Gasteiger partial charge in [-0.25, -0.2) is 0 Å². The van der Waals surface area contributed by atoms with Crippen molar-refractivity contribution < 1.29 is 14.7 Å². The van der Waals surface area contributed by atoms with E-state index in [1.54, 1.807) is 0 Å². The van der Waals surface area contributed by atoms with Gasteiger partial charge in [0.1, 0.15) is 11.8 Å². The van der Waals surface area contributed by atoms with Crippen LogP contribution in [-0.2, 0) is 9.59 Å². The van der Waals surface area contributed by atoms with E-state index in [1.807, 2.05) is 6.92 Å². The molecule has 0 aliphatic heterocycles. The minimum absolute atomic E-state index is 0.0919. The van der Waals surface area contributed by atoms with Crippen LogP contribution in [0.25, 0.3) is 0 Å². The lowest BCUT2D eigenvalue weighted by molar-refractivity contribution is -0.138. The Morgan fingerprint density at radius 3 is 2.42 bits per heavy atom. The summed E-state index contributed by atoms with van der Waals surface area (Å²) in [6.45, 7) is 1.91. The first kappa shape index (κ1) is 11.1. The number of ketones is 1. The second kappa shape index (κ2) is 5.71. The Bertz CT molecular complexity index is 168. The Morgan fingerprint density at radius 2 is 2.00 bits per heavy atom. The Balaban J connectivity index is 3.54. The van der Waals surface area contributed by atoms with E-state index in [0.29, 0.717) is 6.42 Å². The number of hydrogen-bond donors (Lipinski definition) is 2. The monoisotopic (exact) mass is 173 g/mol. The minimum atomic E-state index is -1.04. The first-order valence-electron chi connectivity index (χ1n) is 4.08. The minimum Gasteiger partial charge on any atom is -0.480 e. The van der Waals surface area contributed by atoms with Gasteiger partial charge in [-0.2, -0.15) is 0 Å². The highest BCUT2D eigenvalue weighted by atomic mass is 16.4. The molecule has 0 heterocycles. The third kappa shape index (κ3) is 4.85. The van der Waals surface area contributed by atoms with E-state index in [2.05, 4.69) is 0 Å². The summed E-state index contributed by atoms with van der Waals surface area (Å²) in [6.07, 6.45) is 1.85. The summed E-state index contributed by atoms with van der Waals surface area (Å²) in [7, 11) is 0. The average Bonchev–Trinajstić information content (AvgIpc) is 2.00. The number of nitrogens with two attached hydrogens (primary N) is 1. The summed E-state index contributed by atoms with van der Waals surface area (Å²) in [6, 6.07) is -0.897. The maximum Gasteiger partial charge on any atom is 0.320 e. The molecule has 0 aliphatic carbocycles. The van der Waals surface area contributed by atoms with Crippen LogP contribution in [0.3, 0.4) is 0 Å². The van der Waals surface area contributed by atoms with Crippen LogP contribution in [0.2, 0.25) is 0 Å². The topological polar surface area (TPSA) is 80.4 Å². The van der Waals surface area contributed by atoms with E-state index in [-0.39, 0.29) is 18.6 Å². The Hall–Kier alpha value is -0.900. The molecule has 0 rings (SSSR count). The van der Waals surface area contributed by atoms with Gasteiger partial charge >= 0.3 is 5.97 Å². The van der Waals surface area contributed by atoms with Crippen molar-refractivity contribution >= 4 is 11.8 Å². The predicted octanol–water partition coefficient (Wildman–Crippen LogP) is 0.548. The summed E-state index contributed by atoms with van der Waals surface area (Å²) < 4.78 is 0. The third-order valence-corrected chi connectivity index (χ3v) is 1.58. The normalized spacial score (nSPS) is 12.5. The summed E-state index contributed by atoms with van der Waals surface area (Å²) in [5, 5.41) is 8.39. The zero-order valence-corrected chi connectivity index (χ0v) is 7.25. The first-order chi connectivity index (χ1) is 5.57. The molecule has 1 unspecified atom stereocenters. The van der Waals surface area contributed by atoms with Crippen molar-refractivity contribution in [3.05, 3.63) is 0 Å². The smallest absolute Gasteiger partial charge is 0.320 e. The van der Waals surface area contributed by atoms with E-state index in [4.69, 9.17) is 10.8 Å². The SMILES string of the molecule is CCCC(=O)CCC(N)C(=O)O. The third-order valence-electron chi connectivity index (χ3n) is 1.58. The summed E-state index contributed by atoms with van der Waals surface area (Å²) in [5.74, 6) is -0.950. The summed E-state index contributed by atoms with van der Waals surface area (Å²) in [4.78, 5) is 21.2. The number of carbonyl (C=O) groups excluding carboxylic acids is 1. The highest BCUT2D eigenvalue weighted by molar-refractivity contribution is 5.79. The van der Waals surface area contributed by atoms with Crippen molar-refractivity contribution in [2.24, 2.45) is 5.73 Å². The second-order valence-electron chi connectivity index (χ2n) is 2.77. The fourth-order valence-corrected chi connectivity index (χ4v) is 0.844. The first-order valence-corrected chi connectivity index (χ1v) is 4.08. The van der Waals surface area contributed by atoms with Gasteiger partial charge in [-0.3, -0.25) is 9.59 Å². The van der Waals surface area contributed by atoms with Gasteiger partial charge < -0.3 is 10.8 Å². The zero-order chi connectivity index (χ0) is 9.56.